The lowest BCUT2D eigenvalue weighted by Crippen LogP contribution is -2.47. The summed E-state index contributed by atoms with van der Waals surface area (Å²) in [6, 6.07) is 12.5. The van der Waals surface area contributed by atoms with E-state index in [0.29, 0.717) is 16.8 Å². The number of benzene rings is 2. The lowest BCUT2D eigenvalue weighted by molar-refractivity contribution is -0.166. The second kappa shape index (κ2) is 7.23. The van der Waals surface area contributed by atoms with Crippen LogP contribution in [0.15, 0.2) is 42.5 Å². The van der Waals surface area contributed by atoms with Gasteiger partial charge in [0.2, 0.25) is 5.60 Å². The second-order valence-corrected chi connectivity index (χ2v) is 6.88. The minimum atomic E-state index is -1.45. The molecule has 0 unspecified atom stereocenters. The number of nitrogens with one attached hydrogen (secondary N) is 1. The van der Waals surface area contributed by atoms with Gasteiger partial charge in [0.15, 0.2) is 6.61 Å². The highest BCUT2D eigenvalue weighted by Crippen LogP contribution is 2.29. The van der Waals surface area contributed by atoms with Crippen LogP contribution in [0.25, 0.3) is 0 Å². The maximum absolute atomic E-state index is 12.5. The molecule has 0 spiro atoms. The smallest absolute Gasteiger partial charge is 0.351 e. The molecule has 2 aromatic rings. The number of esters is 2. The van der Waals surface area contributed by atoms with Crippen LogP contribution >= 0.6 is 0 Å². The fourth-order valence-electron chi connectivity index (χ4n) is 2.95. The molecule has 0 aromatic heterocycles. The third-order valence-corrected chi connectivity index (χ3v) is 4.64. The molecule has 6 nitrogen and oxygen atoms in total. The number of cyclic esters (lactones) is 1. The van der Waals surface area contributed by atoms with E-state index in [-0.39, 0.29) is 6.42 Å². The van der Waals surface area contributed by atoms with Crippen molar-refractivity contribution in [3.63, 3.8) is 0 Å². The molecule has 2 aromatic carbocycles. The van der Waals surface area contributed by atoms with E-state index < -0.39 is 30.1 Å². The summed E-state index contributed by atoms with van der Waals surface area (Å²) in [4.78, 5) is 36.7. The van der Waals surface area contributed by atoms with E-state index in [1.165, 1.54) is 6.92 Å². The average Bonchev–Trinajstić information content (AvgIpc) is 2.62. The van der Waals surface area contributed by atoms with Gasteiger partial charge in [-0.3, -0.25) is 4.79 Å². The molecule has 1 aliphatic heterocycles. The quantitative estimate of drug-likeness (QED) is 0.840. The van der Waals surface area contributed by atoms with Crippen molar-refractivity contribution in [2.24, 2.45) is 0 Å². The van der Waals surface area contributed by atoms with E-state index in [1.807, 2.05) is 26.0 Å². The van der Waals surface area contributed by atoms with Crippen LogP contribution in [0.5, 0.6) is 0 Å². The first-order valence-corrected chi connectivity index (χ1v) is 8.64. The van der Waals surface area contributed by atoms with Crippen molar-refractivity contribution in [2.45, 2.75) is 32.8 Å². The zero-order valence-corrected chi connectivity index (χ0v) is 15.5. The Hall–Kier alpha value is -3.15. The highest BCUT2D eigenvalue weighted by Gasteiger charge is 2.44. The van der Waals surface area contributed by atoms with Crippen LogP contribution in [0.2, 0.25) is 0 Å². The van der Waals surface area contributed by atoms with Crippen molar-refractivity contribution in [3.8, 4) is 0 Å². The van der Waals surface area contributed by atoms with Gasteiger partial charge in [0.1, 0.15) is 0 Å². The summed E-state index contributed by atoms with van der Waals surface area (Å²) in [5, 5.41) is 2.68. The fraction of sp³-hybridized carbons (Fsp3) is 0.286. The Morgan fingerprint density at radius 2 is 1.89 bits per heavy atom. The van der Waals surface area contributed by atoms with Crippen LogP contribution in [-0.4, -0.2) is 30.1 Å². The number of anilines is 1. The zero-order chi connectivity index (χ0) is 19.6. The van der Waals surface area contributed by atoms with Crippen LogP contribution in [0.3, 0.4) is 0 Å². The molecular weight excluding hydrogens is 346 g/mol. The van der Waals surface area contributed by atoms with Gasteiger partial charge >= 0.3 is 11.9 Å². The van der Waals surface area contributed by atoms with Crippen molar-refractivity contribution >= 4 is 23.5 Å². The van der Waals surface area contributed by atoms with Crippen molar-refractivity contribution in [1.29, 1.82) is 0 Å². The largest absolute Gasteiger partial charge is 0.453 e. The van der Waals surface area contributed by atoms with Crippen LogP contribution in [0.1, 0.15) is 34.0 Å². The lowest BCUT2D eigenvalue weighted by atomic mass is 9.90. The topological polar surface area (TPSA) is 81.7 Å². The first-order valence-electron chi connectivity index (χ1n) is 8.64. The molecule has 1 N–H and O–H groups in total. The number of ether oxygens (including phenoxy) is 2. The number of carbonyl (C=O) groups is 3. The molecular formula is C21H21NO5. The maximum atomic E-state index is 12.5. The molecule has 1 amide bonds. The van der Waals surface area contributed by atoms with Crippen LogP contribution in [0.4, 0.5) is 5.69 Å². The molecule has 0 saturated carbocycles. The highest BCUT2D eigenvalue weighted by molar-refractivity contribution is 5.97. The zero-order valence-electron chi connectivity index (χ0n) is 15.5. The molecule has 1 heterocycles. The van der Waals surface area contributed by atoms with Gasteiger partial charge in [0.05, 0.1) is 5.56 Å². The summed E-state index contributed by atoms with van der Waals surface area (Å²) in [6.07, 6.45) is 0.201. The molecule has 0 aliphatic carbocycles. The lowest BCUT2D eigenvalue weighted by Gasteiger charge is -2.32. The number of rotatable bonds is 4. The number of hydrogen-bond donors (Lipinski definition) is 1. The molecule has 1 aliphatic rings. The molecule has 0 radical (unpaired) electrons. The average molecular weight is 367 g/mol. The van der Waals surface area contributed by atoms with E-state index in [9.17, 15) is 14.4 Å². The molecule has 6 heteroatoms. The Bertz CT molecular complexity index is 921. The van der Waals surface area contributed by atoms with E-state index in [4.69, 9.17) is 9.47 Å². The van der Waals surface area contributed by atoms with Gasteiger partial charge in [-0.25, -0.2) is 9.59 Å². The Kier molecular flexibility index (Phi) is 4.99. The summed E-state index contributed by atoms with van der Waals surface area (Å²) < 4.78 is 10.4. The first kappa shape index (κ1) is 18.6. The third-order valence-electron chi connectivity index (χ3n) is 4.64. The Labute approximate surface area is 157 Å². The number of hydrogen-bond acceptors (Lipinski definition) is 5. The van der Waals surface area contributed by atoms with Gasteiger partial charge in [0, 0.05) is 12.1 Å². The number of carbonyl (C=O) groups excluding carboxylic acids is 3. The first-order chi connectivity index (χ1) is 12.8. The SMILES string of the molecule is Cc1ccc(NC(=O)COC(=O)[C@@]2(C)Cc3ccccc3C(=O)O2)cc1C. The van der Waals surface area contributed by atoms with Gasteiger partial charge in [-0.05, 0) is 55.7 Å². The molecule has 0 saturated heterocycles. The van der Waals surface area contributed by atoms with Crippen LogP contribution < -0.4 is 5.32 Å². The van der Waals surface area contributed by atoms with Crippen molar-refractivity contribution in [3.05, 3.63) is 64.7 Å². The summed E-state index contributed by atoms with van der Waals surface area (Å²) in [6.45, 7) is 4.96. The van der Waals surface area contributed by atoms with Crippen LogP contribution in [0, 0.1) is 13.8 Å². The van der Waals surface area contributed by atoms with Crippen molar-refractivity contribution < 1.29 is 23.9 Å². The Morgan fingerprint density at radius 1 is 1.15 bits per heavy atom. The molecule has 1 atom stereocenters. The predicted octanol–water partition coefficient (Wildman–Crippen LogP) is 2.96. The number of fused-ring (bicyclic) bond motifs is 1. The predicted molar refractivity (Wildman–Crippen MR) is 99.5 cm³/mol. The summed E-state index contributed by atoms with van der Waals surface area (Å²) in [5.74, 6) is -1.78. The normalized spacial score (nSPS) is 18.3. The van der Waals surface area contributed by atoms with E-state index in [1.54, 1.807) is 30.3 Å². The number of amides is 1. The standard InChI is InChI=1S/C21H21NO5/c1-13-8-9-16(10-14(13)2)22-18(23)12-26-20(25)21(3)11-15-6-4-5-7-17(15)19(24)27-21/h4-10H,11-12H2,1-3H3,(H,22,23)/t21-/m1/s1. The van der Waals surface area contributed by atoms with E-state index in [0.717, 1.165) is 11.1 Å². The van der Waals surface area contributed by atoms with Gasteiger partial charge in [-0.2, -0.15) is 0 Å². The van der Waals surface area contributed by atoms with Crippen molar-refractivity contribution in [2.75, 3.05) is 11.9 Å². The third kappa shape index (κ3) is 4.00. The molecule has 3 rings (SSSR count). The molecule has 27 heavy (non-hydrogen) atoms. The maximum Gasteiger partial charge on any atom is 0.351 e. The molecule has 0 bridgehead atoms. The van der Waals surface area contributed by atoms with Gasteiger partial charge in [0.25, 0.3) is 5.91 Å². The fourth-order valence-corrected chi connectivity index (χ4v) is 2.95. The molecule has 140 valence electrons. The highest BCUT2D eigenvalue weighted by atomic mass is 16.6. The number of aryl methyl sites for hydroxylation is 2. The second-order valence-electron chi connectivity index (χ2n) is 6.88. The Morgan fingerprint density at radius 3 is 2.63 bits per heavy atom. The summed E-state index contributed by atoms with van der Waals surface area (Å²) in [7, 11) is 0. The van der Waals surface area contributed by atoms with E-state index in [2.05, 4.69) is 5.32 Å². The van der Waals surface area contributed by atoms with Gasteiger partial charge in [-0.15, -0.1) is 0 Å². The monoisotopic (exact) mass is 367 g/mol. The van der Waals surface area contributed by atoms with Crippen LogP contribution in [-0.2, 0) is 25.5 Å². The van der Waals surface area contributed by atoms with Crippen molar-refractivity contribution in [1.82, 2.24) is 0 Å². The Balaban J connectivity index is 1.61. The van der Waals surface area contributed by atoms with E-state index >= 15 is 0 Å². The van der Waals surface area contributed by atoms with Gasteiger partial charge < -0.3 is 14.8 Å². The molecule has 0 fully saturated rings. The minimum Gasteiger partial charge on any atom is -0.453 e. The summed E-state index contributed by atoms with van der Waals surface area (Å²) >= 11 is 0. The van der Waals surface area contributed by atoms with Gasteiger partial charge in [-0.1, -0.05) is 24.3 Å². The minimum absolute atomic E-state index is 0.201. The summed E-state index contributed by atoms with van der Waals surface area (Å²) in [5.41, 5.74) is 2.50.